The average molecular weight is 477 g/mol. The third kappa shape index (κ3) is 4.60. The minimum Gasteiger partial charge on any atom is -0.497 e. The van der Waals surface area contributed by atoms with Crippen molar-refractivity contribution >= 4 is 17.0 Å². The van der Waals surface area contributed by atoms with Crippen LogP contribution in [0.2, 0.25) is 0 Å². The molecule has 0 saturated heterocycles. The molecule has 0 amide bonds. The van der Waals surface area contributed by atoms with Crippen LogP contribution in [0.1, 0.15) is 35.1 Å². The highest BCUT2D eigenvalue weighted by molar-refractivity contribution is 5.96. The number of benzene rings is 4. The lowest BCUT2D eigenvalue weighted by Crippen LogP contribution is -2.05. The molecular weight excluding hydrogens is 448 g/mol. The molecule has 0 fully saturated rings. The van der Waals surface area contributed by atoms with E-state index >= 15 is 0 Å². The van der Waals surface area contributed by atoms with E-state index in [0.29, 0.717) is 12.1 Å². The molecule has 180 valence electrons. The van der Waals surface area contributed by atoms with Crippen molar-refractivity contribution in [3.63, 3.8) is 0 Å². The summed E-state index contributed by atoms with van der Waals surface area (Å²) in [6.07, 6.45) is 1.91. The largest absolute Gasteiger partial charge is 0.497 e. The van der Waals surface area contributed by atoms with Crippen molar-refractivity contribution in [3.05, 3.63) is 108 Å². The number of rotatable bonds is 8. The summed E-state index contributed by atoms with van der Waals surface area (Å²) in [5.74, 6) is 0.979. The van der Waals surface area contributed by atoms with Crippen LogP contribution in [0.25, 0.3) is 33.3 Å². The molecule has 0 aliphatic heterocycles. The lowest BCUT2D eigenvalue weighted by atomic mass is 9.98. The topological polar surface area (TPSA) is 64.4 Å². The summed E-state index contributed by atoms with van der Waals surface area (Å²) in [5, 5.41) is 9.54. The molecule has 5 rings (SSSR count). The van der Waals surface area contributed by atoms with Crippen LogP contribution < -0.4 is 4.74 Å². The first-order valence-electron chi connectivity index (χ1n) is 12.1. The number of imidazole rings is 1. The van der Waals surface area contributed by atoms with Crippen LogP contribution in [-0.2, 0) is 13.0 Å². The number of aromatic nitrogens is 2. The van der Waals surface area contributed by atoms with Gasteiger partial charge in [0.05, 0.1) is 23.7 Å². The fourth-order valence-electron chi connectivity index (χ4n) is 4.65. The molecule has 0 saturated carbocycles. The molecule has 0 atom stereocenters. The number of hydrogen-bond donors (Lipinski definition) is 1. The van der Waals surface area contributed by atoms with Gasteiger partial charge in [0.2, 0.25) is 0 Å². The number of carboxylic acid groups (broad SMARTS) is 1. The maximum atomic E-state index is 11.6. The predicted molar refractivity (Wildman–Crippen MR) is 144 cm³/mol. The fourth-order valence-corrected chi connectivity index (χ4v) is 4.65. The lowest BCUT2D eigenvalue weighted by Gasteiger charge is -2.11. The van der Waals surface area contributed by atoms with E-state index in [4.69, 9.17) is 9.72 Å². The lowest BCUT2D eigenvalue weighted by molar-refractivity contribution is 0.0697. The Bertz CT molecular complexity index is 1530. The number of carboxylic acids is 1. The Balaban J connectivity index is 1.48. The van der Waals surface area contributed by atoms with Gasteiger partial charge in [0.25, 0.3) is 0 Å². The van der Waals surface area contributed by atoms with Crippen molar-refractivity contribution in [2.75, 3.05) is 7.11 Å². The van der Waals surface area contributed by atoms with Gasteiger partial charge in [-0.2, -0.15) is 0 Å². The van der Waals surface area contributed by atoms with Gasteiger partial charge >= 0.3 is 5.97 Å². The summed E-state index contributed by atoms with van der Waals surface area (Å²) in [6, 6.07) is 29.7. The molecule has 0 aliphatic carbocycles. The standard InChI is InChI=1S/C31H28N2O3/c1-3-7-30-32-28-19-24(23-8-6-9-25(18-23)36-2)16-17-29(28)33(30)20-21-12-14-22(15-13-21)26-10-4-5-11-27(26)31(34)35/h4-6,8-19H,3,7,20H2,1-2H3,(H,34,35). The number of methoxy groups -OCH3 is 1. The summed E-state index contributed by atoms with van der Waals surface area (Å²) in [4.78, 5) is 16.6. The Labute approximate surface area is 210 Å². The second-order valence-corrected chi connectivity index (χ2v) is 8.85. The predicted octanol–water partition coefficient (Wildman–Crippen LogP) is 7.08. The number of fused-ring (bicyclic) bond motifs is 1. The van der Waals surface area contributed by atoms with Crippen molar-refractivity contribution in [1.82, 2.24) is 9.55 Å². The van der Waals surface area contributed by atoms with E-state index in [1.807, 2.05) is 42.5 Å². The summed E-state index contributed by atoms with van der Waals surface area (Å²) < 4.78 is 7.68. The van der Waals surface area contributed by atoms with Gasteiger partial charge in [-0.1, -0.05) is 67.6 Å². The van der Waals surface area contributed by atoms with Crippen LogP contribution >= 0.6 is 0 Å². The van der Waals surface area contributed by atoms with Crippen molar-refractivity contribution < 1.29 is 14.6 Å². The summed E-state index contributed by atoms with van der Waals surface area (Å²) in [6.45, 7) is 2.87. The Hall–Kier alpha value is -4.38. The van der Waals surface area contributed by atoms with Crippen molar-refractivity contribution in [2.45, 2.75) is 26.3 Å². The number of carbonyl (C=O) groups is 1. The van der Waals surface area contributed by atoms with E-state index in [1.165, 1.54) is 0 Å². The van der Waals surface area contributed by atoms with Gasteiger partial charge in [-0.25, -0.2) is 9.78 Å². The molecule has 0 bridgehead atoms. The number of ether oxygens (including phenoxy) is 1. The molecule has 0 unspecified atom stereocenters. The Morgan fingerprint density at radius 1 is 0.889 bits per heavy atom. The van der Waals surface area contributed by atoms with Gasteiger partial charge in [-0.3, -0.25) is 0 Å². The SMILES string of the molecule is CCCc1nc2cc(-c3cccc(OC)c3)ccc2n1Cc1ccc(-c2ccccc2C(=O)O)cc1. The normalized spacial score (nSPS) is 11.1. The third-order valence-corrected chi connectivity index (χ3v) is 6.47. The smallest absolute Gasteiger partial charge is 0.336 e. The van der Waals surface area contributed by atoms with Gasteiger partial charge in [0.15, 0.2) is 0 Å². The van der Waals surface area contributed by atoms with E-state index in [1.54, 1.807) is 19.2 Å². The summed E-state index contributed by atoms with van der Waals surface area (Å²) in [7, 11) is 1.68. The molecule has 1 heterocycles. The summed E-state index contributed by atoms with van der Waals surface area (Å²) >= 11 is 0. The van der Waals surface area contributed by atoms with E-state index in [2.05, 4.69) is 47.9 Å². The molecule has 36 heavy (non-hydrogen) atoms. The van der Waals surface area contributed by atoms with E-state index in [0.717, 1.165) is 63.3 Å². The first-order chi connectivity index (χ1) is 17.6. The number of aromatic carboxylic acids is 1. The van der Waals surface area contributed by atoms with Gasteiger partial charge in [0, 0.05) is 13.0 Å². The van der Waals surface area contributed by atoms with E-state index < -0.39 is 5.97 Å². The molecule has 1 N–H and O–H groups in total. The molecular formula is C31H28N2O3. The Morgan fingerprint density at radius 3 is 2.39 bits per heavy atom. The van der Waals surface area contributed by atoms with Gasteiger partial charge in [0.1, 0.15) is 11.6 Å². The minimum absolute atomic E-state index is 0.308. The number of hydrogen-bond acceptors (Lipinski definition) is 3. The van der Waals surface area contributed by atoms with Crippen molar-refractivity contribution in [1.29, 1.82) is 0 Å². The zero-order valence-electron chi connectivity index (χ0n) is 20.4. The van der Waals surface area contributed by atoms with E-state index in [-0.39, 0.29) is 0 Å². The van der Waals surface area contributed by atoms with Crippen molar-refractivity contribution in [3.8, 4) is 28.0 Å². The number of nitrogens with zero attached hydrogens (tertiary/aromatic N) is 2. The average Bonchev–Trinajstić information content (AvgIpc) is 3.25. The van der Waals surface area contributed by atoms with Crippen LogP contribution in [0.4, 0.5) is 0 Å². The van der Waals surface area contributed by atoms with Gasteiger partial charge in [-0.15, -0.1) is 0 Å². The Morgan fingerprint density at radius 2 is 1.64 bits per heavy atom. The summed E-state index contributed by atoms with van der Waals surface area (Å²) in [5.41, 5.74) is 7.35. The van der Waals surface area contributed by atoms with Gasteiger partial charge < -0.3 is 14.4 Å². The zero-order valence-corrected chi connectivity index (χ0v) is 20.4. The monoisotopic (exact) mass is 476 g/mol. The van der Waals surface area contributed by atoms with Crippen LogP contribution in [0.3, 0.4) is 0 Å². The first kappa shape index (κ1) is 23.4. The highest BCUT2D eigenvalue weighted by atomic mass is 16.5. The van der Waals surface area contributed by atoms with Crippen LogP contribution in [0.5, 0.6) is 5.75 Å². The quantitative estimate of drug-likeness (QED) is 0.260. The number of aryl methyl sites for hydroxylation is 1. The van der Waals surface area contributed by atoms with Crippen LogP contribution in [0.15, 0.2) is 91.0 Å². The maximum absolute atomic E-state index is 11.6. The zero-order chi connectivity index (χ0) is 25.1. The van der Waals surface area contributed by atoms with Crippen LogP contribution in [0, 0.1) is 0 Å². The molecule has 5 heteroatoms. The maximum Gasteiger partial charge on any atom is 0.336 e. The Kier molecular flexibility index (Phi) is 6.54. The first-order valence-corrected chi connectivity index (χ1v) is 12.1. The molecule has 5 nitrogen and oxygen atoms in total. The highest BCUT2D eigenvalue weighted by Gasteiger charge is 2.14. The van der Waals surface area contributed by atoms with E-state index in [9.17, 15) is 9.90 Å². The third-order valence-electron chi connectivity index (χ3n) is 6.47. The van der Waals surface area contributed by atoms with Crippen molar-refractivity contribution in [2.24, 2.45) is 0 Å². The molecule has 1 aromatic heterocycles. The highest BCUT2D eigenvalue weighted by Crippen LogP contribution is 2.29. The molecule has 0 radical (unpaired) electrons. The van der Waals surface area contributed by atoms with Gasteiger partial charge in [-0.05, 0) is 64.6 Å². The minimum atomic E-state index is -0.919. The molecule has 5 aromatic rings. The molecule has 4 aromatic carbocycles. The fraction of sp³-hybridized carbons (Fsp3) is 0.161. The molecule has 0 spiro atoms. The second-order valence-electron chi connectivity index (χ2n) is 8.85. The second kappa shape index (κ2) is 10.1. The molecule has 0 aliphatic rings. The van der Waals surface area contributed by atoms with Crippen LogP contribution in [-0.4, -0.2) is 27.7 Å².